The van der Waals surface area contributed by atoms with Crippen molar-refractivity contribution in [2.24, 2.45) is 0 Å². The van der Waals surface area contributed by atoms with Crippen LogP contribution < -0.4 is 10.2 Å². The molecular weight excluding hydrogens is 331 g/mol. The zero-order valence-electron chi connectivity index (χ0n) is 14.1. The van der Waals surface area contributed by atoms with Crippen molar-refractivity contribution in [3.8, 4) is 5.75 Å². The molecule has 1 heterocycles. The maximum Gasteiger partial charge on any atom is 0.501 e. The van der Waals surface area contributed by atoms with Gasteiger partial charge < -0.3 is 18.8 Å². The number of methoxy groups -OCH3 is 1. The Morgan fingerprint density at radius 2 is 1.62 bits per heavy atom. The summed E-state index contributed by atoms with van der Waals surface area (Å²) < 4.78 is 74.4. The van der Waals surface area contributed by atoms with E-state index in [1.807, 2.05) is 0 Å². The summed E-state index contributed by atoms with van der Waals surface area (Å²) in [4.78, 5) is 0. The zero-order valence-corrected chi connectivity index (χ0v) is 14.1. The van der Waals surface area contributed by atoms with Gasteiger partial charge in [0.1, 0.15) is 11.6 Å². The minimum Gasteiger partial charge on any atom is -0.468 e. The van der Waals surface area contributed by atoms with E-state index in [0.29, 0.717) is 12.1 Å². The summed E-state index contributed by atoms with van der Waals surface area (Å²) in [6.07, 6.45) is -4.71. The standard InChI is InChI=1S/C15H19BF4O4/c1-13(2)14(3,4)24-16(23-13)12-10(17)6-9(15(18,19)20)7-11(12)22-8-21-5/h6-7H,8H2,1-5H3. The summed E-state index contributed by atoms with van der Waals surface area (Å²) in [5, 5.41) is 0. The smallest absolute Gasteiger partial charge is 0.468 e. The molecule has 0 aromatic heterocycles. The highest BCUT2D eigenvalue weighted by atomic mass is 19.4. The van der Waals surface area contributed by atoms with E-state index in [0.717, 1.165) is 0 Å². The fraction of sp³-hybridized carbons (Fsp3) is 0.600. The molecule has 1 aliphatic heterocycles. The van der Waals surface area contributed by atoms with E-state index in [-0.39, 0.29) is 18.0 Å². The normalized spacial score (nSPS) is 19.6. The molecule has 0 bridgehead atoms. The highest BCUT2D eigenvalue weighted by Crippen LogP contribution is 2.38. The molecule has 2 rings (SSSR count). The number of hydrogen-bond donors (Lipinski definition) is 0. The average Bonchev–Trinajstić information content (AvgIpc) is 2.63. The van der Waals surface area contributed by atoms with Crippen molar-refractivity contribution in [3.63, 3.8) is 0 Å². The summed E-state index contributed by atoms with van der Waals surface area (Å²) in [7, 11) is 0.113. The van der Waals surface area contributed by atoms with Gasteiger partial charge in [0, 0.05) is 7.11 Å². The highest BCUT2D eigenvalue weighted by Gasteiger charge is 2.53. The maximum atomic E-state index is 14.4. The number of ether oxygens (including phenoxy) is 2. The summed E-state index contributed by atoms with van der Waals surface area (Å²) in [5.74, 6) is -1.45. The van der Waals surface area contributed by atoms with Crippen molar-refractivity contribution < 1.29 is 36.3 Å². The van der Waals surface area contributed by atoms with Crippen molar-refractivity contribution >= 4 is 12.6 Å². The molecule has 1 saturated heterocycles. The molecular formula is C15H19BF4O4. The van der Waals surface area contributed by atoms with Crippen LogP contribution in [0.15, 0.2) is 12.1 Å². The van der Waals surface area contributed by atoms with Gasteiger partial charge in [-0.15, -0.1) is 0 Å². The average molecular weight is 350 g/mol. The molecule has 0 atom stereocenters. The van der Waals surface area contributed by atoms with Crippen LogP contribution in [-0.4, -0.2) is 32.2 Å². The van der Waals surface area contributed by atoms with Gasteiger partial charge in [0.05, 0.1) is 22.2 Å². The zero-order chi connectivity index (χ0) is 18.3. The minimum absolute atomic E-state index is 0.223. The number of hydrogen-bond acceptors (Lipinski definition) is 4. The lowest BCUT2D eigenvalue weighted by atomic mass is 9.77. The Morgan fingerprint density at radius 3 is 2.08 bits per heavy atom. The third-order valence-corrected chi connectivity index (χ3v) is 4.24. The fourth-order valence-electron chi connectivity index (χ4n) is 2.19. The highest BCUT2D eigenvalue weighted by molar-refractivity contribution is 6.63. The van der Waals surface area contributed by atoms with Crippen molar-refractivity contribution in [1.82, 2.24) is 0 Å². The molecule has 0 N–H and O–H groups in total. The third kappa shape index (κ3) is 3.53. The minimum atomic E-state index is -4.71. The predicted molar refractivity (Wildman–Crippen MR) is 79.6 cm³/mol. The first-order chi connectivity index (χ1) is 10.9. The first-order valence-electron chi connectivity index (χ1n) is 7.27. The second-order valence-electron chi connectivity index (χ2n) is 6.51. The molecule has 1 fully saturated rings. The molecule has 24 heavy (non-hydrogen) atoms. The molecule has 9 heteroatoms. The first kappa shape index (κ1) is 19.0. The summed E-state index contributed by atoms with van der Waals surface area (Å²) in [5.41, 5.74) is -2.93. The Morgan fingerprint density at radius 1 is 1.08 bits per heavy atom. The lowest BCUT2D eigenvalue weighted by Crippen LogP contribution is -2.41. The van der Waals surface area contributed by atoms with E-state index >= 15 is 0 Å². The molecule has 0 aliphatic carbocycles. The molecule has 4 nitrogen and oxygen atoms in total. The van der Waals surface area contributed by atoms with Crippen LogP contribution in [0.1, 0.15) is 33.3 Å². The molecule has 134 valence electrons. The Kier molecular flexibility index (Phi) is 4.91. The van der Waals surface area contributed by atoms with Crippen molar-refractivity contribution in [1.29, 1.82) is 0 Å². The van der Waals surface area contributed by atoms with Crippen LogP contribution >= 0.6 is 0 Å². The van der Waals surface area contributed by atoms with Crippen LogP contribution in [0.25, 0.3) is 0 Å². The Hall–Kier alpha value is -1.32. The van der Waals surface area contributed by atoms with Gasteiger partial charge in [0.2, 0.25) is 0 Å². The lowest BCUT2D eigenvalue weighted by molar-refractivity contribution is -0.137. The lowest BCUT2D eigenvalue weighted by Gasteiger charge is -2.32. The van der Waals surface area contributed by atoms with Crippen LogP contribution in [0.2, 0.25) is 0 Å². The van der Waals surface area contributed by atoms with E-state index in [4.69, 9.17) is 18.8 Å². The van der Waals surface area contributed by atoms with Gasteiger partial charge in [-0.05, 0) is 39.8 Å². The molecule has 0 radical (unpaired) electrons. The molecule has 1 aliphatic rings. The topological polar surface area (TPSA) is 36.9 Å². The van der Waals surface area contributed by atoms with Gasteiger partial charge in [-0.25, -0.2) is 4.39 Å². The summed E-state index contributed by atoms with van der Waals surface area (Å²) in [6.45, 7) is 6.68. The number of alkyl halides is 3. The van der Waals surface area contributed by atoms with Crippen LogP contribution in [-0.2, 0) is 20.2 Å². The van der Waals surface area contributed by atoms with E-state index in [9.17, 15) is 17.6 Å². The summed E-state index contributed by atoms with van der Waals surface area (Å²) in [6, 6.07) is 1.11. The molecule has 0 unspecified atom stereocenters. The van der Waals surface area contributed by atoms with Crippen molar-refractivity contribution in [2.75, 3.05) is 13.9 Å². The summed E-state index contributed by atoms with van der Waals surface area (Å²) >= 11 is 0. The quantitative estimate of drug-likeness (QED) is 0.475. The van der Waals surface area contributed by atoms with Gasteiger partial charge in [0.25, 0.3) is 0 Å². The van der Waals surface area contributed by atoms with Gasteiger partial charge in [0.15, 0.2) is 6.79 Å². The van der Waals surface area contributed by atoms with Crippen LogP contribution in [0, 0.1) is 5.82 Å². The Balaban J connectivity index is 2.49. The second-order valence-corrected chi connectivity index (χ2v) is 6.51. The maximum absolute atomic E-state index is 14.4. The molecule has 1 aromatic rings. The second kappa shape index (κ2) is 6.20. The largest absolute Gasteiger partial charge is 0.501 e. The third-order valence-electron chi connectivity index (χ3n) is 4.24. The van der Waals surface area contributed by atoms with E-state index in [1.54, 1.807) is 27.7 Å². The molecule has 0 spiro atoms. The van der Waals surface area contributed by atoms with Gasteiger partial charge in [-0.2, -0.15) is 13.2 Å². The van der Waals surface area contributed by atoms with Crippen LogP contribution in [0.5, 0.6) is 5.75 Å². The van der Waals surface area contributed by atoms with Crippen LogP contribution in [0.3, 0.4) is 0 Å². The SMILES string of the molecule is COCOc1cc(C(F)(F)F)cc(F)c1B1OC(C)(C)C(C)(C)O1. The first-order valence-corrected chi connectivity index (χ1v) is 7.27. The molecule has 0 amide bonds. The monoisotopic (exact) mass is 350 g/mol. The molecule has 1 aromatic carbocycles. The number of halogens is 4. The predicted octanol–water partition coefficient (Wildman–Crippen LogP) is 3.13. The van der Waals surface area contributed by atoms with Gasteiger partial charge >= 0.3 is 13.3 Å². The van der Waals surface area contributed by atoms with Crippen LogP contribution in [0.4, 0.5) is 17.6 Å². The van der Waals surface area contributed by atoms with E-state index < -0.39 is 35.9 Å². The van der Waals surface area contributed by atoms with Crippen molar-refractivity contribution in [3.05, 3.63) is 23.5 Å². The Bertz CT molecular complexity index is 600. The van der Waals surface area contributed by atoms with E-state index in [2.05, 4.69) is 0 Å². The Labute approximate surface area is 138 Å². The van der Waals surface area contributed by atoms with Crippen molar-refractivity contribution in [2.45, 2.75) is 45.1 Å². The number of rotatable bonds is 4. The van der Waals surface area contributed by atoms with E-state index in [1.165, 1.54) is 7.11 Å². The van der Waals surface area contributed by atoms with Gasteiger partial charge in [-0.1, -0.05) is 0 Å². The number of benzene rings is 1. The fourth-order valence-corrected chi connectivity index (χ4v) is 2.19. The molecule has 0 saturated carbocycles. The van der Waals surface area contributed by atoms with Gasteiger partial charge in [-0.3, -0.25) is 0 Å².